The van der Waals surface area contributed by atoms with Crippen molar-refractivity contribution in [2.24, 2.45) is 0 Å². The molecule has 3 nitrogen and oxygen atoms in total. The van der Waals surface area contributed by atoms with Crippen LogP contribution in [-0.2, 0) is 0 Å². The van der Waals surface area contributed by atoms with Gasteiger partial charge >= 0.3 is 0 Å². The number of nitrogens with zero attached hydrogens (tertiary/aromatic N) is 3. The third kappa shape index (κ3) is 6.08. The van der Waals surface area contributed by atoms with Gasteiger partial charge in [-0.15, -0.1) is 0 Å². The monoisotopic (exact) mass is 687 g/mol. The molecular formula is C51H33N3. The fourth-order valence-electron chi connectivity index (χ4n) is 7.32. The molecule has 0 unspecified atom stereocenters. The van der Waals surface area contributed by atoms with Gasteiger partial charge in [0.2, 0.25) is 0 Å². The molecule has 0 spiro atoms. The molecule has 0 fully saturated rings. The molecule has 0 saturated carbocycles. The minimum absolute atomic E-state index is 0.640. The van der Waals surface area contributed by atoms with Crippen LogP contribution in [0.25, 0.3) is 99.9 Å². The number of fused-ring (bicyclic) bond motifs is 3. The predicted octanol–water partition coefficient (Wildman–Crippen LogP) is 13.3. The summed E-state index contributed by atoms with van der Waals surface area (Å²) in [6, 6.07) is 70.8. The van der Waals surface area contributed by atoms with Gasteiger partial charge in [0.05, 0.1) is 0 Å². The van der Waals surface area contributed by atoms with Gasteiger partial charge in [0.1, 0.15) is 0 Å². The standard InChI is InChI=1S/C51H33N3/c1-2-8-34(9-3-1)43-25-26-46-33-48(29-27-45(46)31-43)51-53-49(52-50(54-51)47-28-21-36-11-5-7-13-42(36)32-47)40-22-18-38(19-23-40)37-14-16-39(17-15-37)44-24-20-35-10-4-6-12-41(35)30-44/h1-33H. The molecule has 0 aliphatic rings. The van der Waals surface area contributed by atoms with E-state index in [2.05, 4.69) is 194 Å². The fraction of sp³-hybridized carbons (Fsp3) is 0. The molecule has 9 aromatic carbocycles. The first kappa shape index (κ1) is 31.5. The largest absolute Gasteiger partial charge is 0.208 e. The topological polar surface area (TPSA) is 38.7 Å². The number of aromatic nitrogens is 3. The molecule has 0 aliphatic carbocycles. The summed E-state index contributed by atoms with van der Waals surface area (Å²) in [4.78, 5) is 15.2. The lowest BCUT2D eigenvalue weighted by atomic mass is 9.98. The Bertz CT molecular complexity index is 2970. The Morgan fingerprint density at radius 3 is 0.944 bits per heavy atom. The number of benzene rings is 9. The van der Waals surface area contributed by atoms with Crippen LogP contribution in [0.15, 0.2) is 200 Å². The molecule has 0 aliphatic heterocycles. The van der Waals surface area contributed by atoms with Crippen molar-refractivity contribution in [2.45, 2.75) is 0 Å². The van der Waals surface area contributed by atoms with E-state index in [9.17, 15) is 0 Å². The zero-order valence-electron chi connectivity index (χ0n) is 29.4. The average Bonchev–Trinajstić information content (AvgIpc) is 3.26. The molecule has 54 heavy (non-hydrogen) atoms. The predicted molar refractivity (Wildman–Crippen MR) is 225 cm³/mol. The Hall–Kier alpha value is -7.23. The second-order valence-electron chi connectivity index (χ2n) is 13.7. The van der Waals surface area contributed by atoms with Gasteiger partial charge in [-0.3, -0.25) is 0 Å². The van der Waals surface area contributed by atoms with E-state index in [0.717, 1.165) is 38.6 Å². The highest BCUT2D eigenvalue weighted by Crippen LogP contribution is 2.32. The SMILES string of the molecule is c1ccc(-c2ccc3cc(-c4nc(-c5ccc(-c6ccc(-c7ccc8ccccc8c7)cc6)cc5)nc(-c5ccc6ccccc6c5)n4)ccc3c2)cc1. The Morgan fingerprint density at radius 1 is 0.185 bits per heavy atom. The quantitative estimate of drug-likeness (QED) is 0.175. The second-order valence-corrected chi connectivity index (χ2v) is 13.7. The van der Waals surface area contributed by atoms with Crippen LogP contribution in [0, 0.1) is 0 Å². The molecular weight excluding hydrogens is 655 g/mol. The van der Waals surface area contributed by atoms with Gasteiger partial charge in [-0.05, 0) is 90.0 Å². The molecule has 0 N–H and O–H groups in total. The summed E-state index contributed by atoms with van der Waals surface area (Å²) < 4.78 is 0. The summed E-state index contributed by atoms with van der Waals surface area (Å²) in [7, 11) is 0. The van der Waals surface area contributed by atoms with Gasteiger partial charge in [0, 0.05) is 16.7 Å². The minimum atomic E-state index is 0.640. The zero-order valence-corrected chi connectivity index (χ0v) is 29.4. The summed E-state index contributed by atoms with van der Waals surface area (Å²) in [5.74, 6) is 1.93. The highest BCUT2D eigenvalue weighted by molar-refractivity contribution is 5.91. The second kappa shape index (κ2) is 13.4. The molecule has 252 valence electrons. The maximum Gasteiger partial charge on any atom is 0.164 e. The van der Waals surface area contributed by atoms with Crippen LogP contribution in [0.4, 0.5) is 0 Å². The van der Waals surface area contributed by atoms with Crippen molar-refractivity contribution in [1.82, 2.24) is 15.0 Å². The zero-order chi connectivity index (χ0) is 35.8. The van der Waals surface area contributed by atoms with Gasteiger partial charge in [-0.2, -0.15) is 0 Å². The van der Waals surface area contributed by atoms with E-state index in [1.165, 1.54) is 43.8 Å². The van der Waals surface area contributed by atoms with E-state index in [4.69, 9.17) is 15.0 Å². The molecule has 10 rings (SSSR count). The normalized spacial score (nSPS) is 11.3. The van der Waals surface area contributed by atoms with Crippen LogP contribution < -0.4 is 0 Å². The number of hydrogen-bond donors (Lipinski definition) is 0. The van der Waals surface area contributed by atoms with Crippen molar-refractivity contribution < 1.29 is 0 Å². The summed E-state index contributed by atoms with van der Waals surface area (Å²) in [6.45, 7) is 0. The van der Waals surface area contributed by atoms with Crippen molar-refractivity contribution in [1.29, 1.82) is 0 Å². The molecule has 1 heterocycles. The molecule has 0 bridgehead atoms. The van der Waals surface area contributed by atoms with Crippen LogP contribution >= 0.6 is 0 Å². The van der Waals surface area contributed by atoms with Crippen molar-refractivity contribution in [3.8, 4) is 67.5 Å². The fourth-order valence-corrected chi connectivity index (χ4v) is 7.32. The van der Waals surface area contributed by atoms with Crippen molar-refractivity contribution >= 4 is 32.3 Å². The lowest BCUT2D eigenvalue weighted by Gasteiger charge is -2.11. The molecule has 1 aromatic heterocycles. The van der Waals surface area contributed by atoms with Crippen molar-refractivity contribution in [3.05, 3.63) is 200 Å². The first-order valence-electron chi connectivity index (χ1n) is 18.3. The number of hydrogen-bond acceptors (Lipinski definition) is 3. The van der Waals surface area contributed by atoms with E-state index >= 15 is 0 Å². The Balaban J connectivity index is 1.01. The summed E-state index contributed by atoms with van der Waals surface area (Å²) in [5.41, 5.74) is 9.94. The molecule has 0 radical (unpaired) electrons. The van der Waals surface area contributed by atoms with Gasteiger partial charge < -0.3 is 0 Å². The lowest BCUT2D eigenvalue weighted by molar-refractivity contribution is 1.08. The van der Waals surface area contributed by atoms with Gasteiger partial charge in [-0.1, -0.05) is 176 Å². The van der Waals surface area contributed by atoms with Gasteiger partial charge in [0.25, 0.3) is 0 Å². The van der Waals surface area contributed by atoms with Crippen molar-refractivity contribution in [3.63, 3.8) is 0 Å². The summed E-state index contributed by atoms with van der Waals surface area (Å²) >= 11 is 0. The van der Waals surface area contributed by atoms with Crippen LogP contribution in [0.5, 0.6) is 0 Å². The minimum Gasteiger partial charge on any atom is -0.208 e. The van der Waals surface area contributed by atoms with E-state index in [-0.39, 0.29) is 0 Å². The van der Waals surface area contributed by atoms with Crippen LogP contribution in [0.2, 0.25) is 0 Å². The van der Waals surface area contributed by atoms with E-state index < -0.39 is 0 Å². The molecule has 0 saturated heterocycles. The summed E-state index contributed by atoms with van der Waals surface area (Å²) in [5, 5.41) is 7.14. The van der Waals surface area contributed by atoms with Gasteiger partial charge in [-0.25, -0.2) is 15.0 Å². The van der Waals surface area contributed by atoms with Crippen molar-refractivity contribution in [2.75, 3.05) is 0 Å². The molecule has 0 amide bonds. The van der Waals surface area contributed by atoms with Gasteiger partial charge in [0.15, 0.2) is 17.5 Å². The third-order valence-electron chi connectivity index (χ3n) is 10.3. The van der Waals surface area contributed by atoms with E-state index in [1.807, 2.05) is 6.07 Å². The first-order chi connectivity index (χ1) is 26.7. The maximum atomic E-state index is 5.08. The van der Waals surface area contributed by atoms with E-state index in [0.29, 0.717) is 17.5 Å². The Morgan fingerprint density at radius 2 is 0.463 bits per heavy atom. The first-order valence-corrected chi connectivity index (χ1v) is 18.3. The van der Waals surface area contributed by atoms with Crippen LogP contribution in [0.1, 0.15) is 0 Å². The van der Waals surface area contributed by atoms with Crippen LogP contribution in [-0.4, -0.2) is 15.0 Å². The number of rotatable bonds is 6. The molecule has 0 atom stereocenters. The highest BCUT2D eigenvalue weighted by Gasteiger charge is 2.14. The maximum absolute atomic E-state index is 5.08. The molecule has 10 aromatic rings. The summed E-state index contributed by atoms with van der Waals surface area (Å²) in [6.07, 6.45) is 0. The van der Waals surface area contributed by atoms with E-state index in [1.54, 1.807) is 0 Å². The highest BCUT2D eigenvalue weighted by atomic mass is 15.0. The average molecular weight is 688 g/mol. The molecule has 3 heteroatoms. The third-order valence-corrected chi connectivity index (χ3v) is 10.3. The Labute approximate surface area is 313 Å². The lowest BCUT2D eigenvalue weighted by Crippen LogP contribution is -2.00. The smallest absolute Gasteiger partial charge is 0.164 e. The van der Waals surface area contributed by atoms with Crippen LogP contribution in [0.3, 0.4) is 0 Å². The Kier molecular flexibility index (Phi) is 7.81.